The van der Waals surface area contributed by atoms with Crippen LogP contribution in [0.15, 0.2) is 30.3 Å². The third-order valence-corrected chi connectivity index (χ3v) is 5.23. The summed E-state index contributed by atoms with van der Waals surface area (Å²) >= 11 is 0. The summed E-state index contributed by atoms with van der Waals surface area (Å²) in [6, 6.07) is 10.7. The topological polar surface area (TPSA) is 41.5 Å². The predicted molar refractivity (Wildman–Crippen MR) is 99.2 cm³/mol. The number of piperazine rings is 1. The highest BCUT2D eigenvalue weighted by atomic mass is 16.5. The average molecular weight is 338 g/mol. The van der Waals surface area contributed by atoms with E-state index in [0.29, 0.717) is 0 Å². The maximum atomic E-state index is 5.56. The summed E-state index contributed by atoms with van der Waals surface area (Å²) in [6.45, 7) is 5.03. The van der Waals surface area contributed by atoms with Gasteiger partial charge in [0.05, 0.1) is 12.8 Å². The predicted octanol–water partition coefficient (Wildman–Crippen LogP) is 2.69. The van der Waals surface area contributed by atoms with Crippen LogP contribution in [-0.4, -0.2) is 48.2 Å². The molecule has 4 rings (SSSR count). The van der Waals surface area contributed by atoms with E-state index in [4.69, 9.17) is 14.7 Å². The summed E-state index contributed by atoms with van der Waals surface area (Å²) < 4.78 is 5.56. The third-order valence-electron chi connectivity index (χ3n) is 5.23. The van der Waals surface area contributed by atoms with Crippen molar-refractivity contribution in [1.29, 1.82) is 0 Å². The zero-order chi connectivity index (χ0) is 17.1. The minimum atomic E-state index is 0.784. The van der Waals surface area contributed by atoms with Crippen molar-refractivity contribution in [3.63, 3.8) is 0 Å². The summed E-state index contributed by atoms with van der Waals surface area (Å²) in [4.78, 5) is 14.4. The van der Waals surface area contributed by atoms with Gasteiger partial charge >= 0.3 is 0 Å². The van der Waals surface area contributed by atoms with E-state index in [1.165, 1.54) is 29.7 Å². The maximum absolute atomic E-state index is 5.56. The molecule has 0 bridgehead atoms. The van der Waals surface area contributed by atoms with Crippen LogP contribution in [0.2, 0.25) is 0 Å². The minimum absolute atomic E-state index is 0.784. The van der Waals surface area contributed by atoms with Crippen molar-refractivity contribution < 1.29 is 4.74 Å². The first-order valence-electron chi connectivity index (χ1n) is 9.28. The number of aromatic nitrogens is 2. The molecule has 132 valence electrons. The normalized spacial score (nSPS) is 18.0. The molecule has 1 aliphatic carbocycles. The van der Waals surface area contributed by atoms with Gasteiger partial charge in [-0.15, -0.1) is 0 Å². The second kappa shape index (κ2) is 7.40. The van der Waals surface area contributed by atoms with Gasteiger partial charge in [-0.05, 0) is 31.2 Å². The Labute approximate surface area is 149 Å². The van der Waals surface area contributed by atoms with Crippen LogP contribution in [0.5, 0.6) is 5.88 Å². The van der Waals surface area contributed by atoms with E-state index in [0.717, 1.165) is 57.4 Å². The highest BCUT2D eigenvalue weighted by Gasteiger charge is 2.23. The number of benzene rings is 1. The number of hydrogen-bond donors (Lipinski definition) is 0. The molecular weight excluding hydrogens is 312 g/mol. The van der Waals surface area contributed by atoms with Crippen molar-refractivity contribution in [1.82, 2.24) is 14.9 Å². The van der Waals surface area contributed by atoms with Crippen LogP contribution in [0.4, 0.5) is 5.95 Å². The molecule has 1 saturated heterocycles. The Bertz CT molecular complexity index is 694. The van der Waals surface area contributed by atoms with Gasteiger partial charge in [-0.25, -0.2) is 4.98 Å². The molecule has 1 aromatic heterocycles. The Hall–Kier alpha value is -2.14. The zero-order valence-corrected chi connectivity index (χ0v) is 14.9. The van der Waals surface area contributed by atoms with Crippen molar-refractivity contribution in [2.75, 3.05) is 38.2 Å². The summed E-state index contributed by atoms with van der Waals surface area (Å²) in [5.41, 5.74) is 3.79. The van der Waals surface area contributed by atoms with Crippen LogP contribution in [0.3, 0.4) is 0 Å². The maximum Gasteiger partial charge on any atom is 0.228 e. The highest BCUT2D eigenvalue weighted by Crippen LogP contribution is 2.29. The van der Waals surface area contributed by atoms with E-state index in [-0.39, 0.29) is 0 Å². The number of ether oxygens (including phenoxy) is 1. The summed E-state index contributed by atoms with van der Waals surface area (Å²) in [6.07, 6.45) is 4.53. The molecule has 0 unspecified atom stereocenters. The molecule has 0 saturated carbocycles. The number of aryl methyl sites for hydroxylation is 1. The molecule has 0 radical (unpaired) electrons. The molecule has 2 aliphatic rings. The first kappa shape index (κ1) is 16.3. The SMILES string of the molecule is COc1nc(N2CCN(Cc3ccccc3)CC2)nc2c1CCCC2. The summed E-state index contributed by atoms with van der Waals surface area (Å²) in [5, 5.41) is 0. The standard InChI is InChI=1S/C20H26N4O/c1-25-19-17-9-5-6-10-18(17)21-20(22-19)24-13-11-23(12-14-24)15-16-7-3-2-4-8-16/h2-4,7-8H,5-6,9-15H2,1H3. The Morgan fingerprint density at radius 1 is 0.960 bits per heavy atom. The molecule has 25 heavy (non-hydrogen) atoms. The molecule has 0 spiro atoms. The van der Waals surface area contributed by atoms with Gasteiger partial charge in [0, 0.05) is 38.3 Å². The van der Waals surface area contributed by atoms with Crippen molar-refractivity contribution in [3.05, 3.63) is 47.2 Å². The first-order valence-corrected chi connectivity index (χ1v) is 9.28. The van der Waals surface area contributed by atoms with Crippen LogP contribution >= 0.6 is 0 Å². The molecule has 0 amide bonds. The second-order valence-corrected chi connectivity index (χ2v) is 6.91. The molecular formula is C20H26N4O. The molecule has 0 N–H and O–H groups in total. The van der Waals surface area contributed by atoms with Gasteiger partial charge in [-0.3, -0.25) is 4.90 Å². The number of fused-ring (bicyclic) bond motifs is 1. The first-order chi connectivity index (χ1) is 12.3. The van der Waals surface area contributed by atoms with E-state index in [1.54, 1.807) is 7.11 Å². The van der Waals surface area contributed by atoms with Gasteiger partial charge in [0.25, 0.3) is 0 Å². The molecule has 5 heteroatoms. The Morgan fingerprint density at radius 3 is 2.48 bits per heavy atom. The van der Waals surface area contributed by atoms with Crippen LogP contribution in [-0.2, 0) is 19.4 Å². The second-order valence-electron chi connectivity index (χ2n) is 6.91. The lowest BCUT2D eigenvalue weighted by Crippen LogP contribution is -2.46. The molecule has 1 aliphatic heterocycles. The van der Waals surface area contributed by atoms with Gasteiger partial charge in [-0.1, -0.05) is 30.3 Å². The zero-order valence-electron chi connectivity index (χ0n) is 14.9. The quantitative estimate of drug-likeness (QED) is 0.857. The van der Waals surface area contributed by atoms with Crippen molar-refractivity contribution >= 4 is 5.95 Å². The third kappa shape index (κ3) is 3.61. The van der Waals surface area contributed by atoms with Crippen molar-refractivity contribution in [2.45, 2.75) is 32.2 Å². The van der Waals surface area contributed by atoms with E-state index in [1.807, 2.05) is 0 Å². The van der Waals surface area contributed by atoms with Gasteiger partial charge in [0.1, 0.15) is 0 Å². The molecule has 1 fully saturated rings. The average Bonchev–Trinajstić information content (AvgIpc) is 2.68. The van der Waals surface area contributed by atoms with Crippen molar-refractivity contribution in [3.8, 4) is 5.88 Å². The molecule has 0 atom stereocenters. The van der Waals surface area contributed by atoms with Crippen LogP contribution in [0.25, 0.3) is 0 Å². The van der Waals surface area contributed by atoms with Crippen LogP contribution in [0, 0.1) is 0 Å². The lowest BCUT2D eigenvalue weighted by Gasteiger charge is -2.35. The van der Waals surface area contributed by atoms with Crippen LogP contribution < -0.4 is 9.64 Å². The lowest BCUT2D eigenvalue weighted by molar-refractivity contribution is 0.248. The van der Waals surface area contributed by atoms with E-state index >= 15 is 0 Å². The number of nitrogens with zero attached hydrogens (tertiary/aromatic N) is 4. The smallest absolute Gasteiger partial charge is 0.228 e. The molecule has 2 aromatic rings. The van der Waals surface area contributed by atoms with Gasteiger partial charge < -0.3 is 9.64 Å². The van der Waals surface area contributed by atoms with Crippen molar-refractivity contribution in [2.24, 2.45) is 0 Å². The number of anilines is 1. The number of hydrogen-bond acceptors (Lipinski definition) is 5. The summed E-state index contributed by atoms with van der Waals surface area (Å²) in [5.74, 6) is 1.63. The fraction of sp³-hybridized carbons (Fsp3) is 0.500. The largest absolute Gasteiger partial charge is 0.481 e. The Balaban J connectivity index is 1.44. The van der Waals surface area contributed by atoms with Gasteiger partial charge in [0.15, 0.2) is 0 Å². The highest BCUT2D eigenvalue weighted by molar-refractivity contribution is 5.42. The molecule has 5 nitrogen and oxygen atoms in total. The van der Waals surface area contributed by atoms with E-state index < -0.39 is 0 Å². The van der Waals surface area contributed by atoms with E-state index in [9.17, 15) is 0 Å². The lowest BCUT2D eigenvalue weighted by atomic mass is 9.97. The Morgan fingerprint density at radius 2 is 1.72 bits per heavy atom. The van der Waals surface area contributed by atoms with Gasteiger partial charge in [0.2, 0.25) is 11.8 Å². The van der Waals surface area contributed by atoms with Crippen LogP contribution in [0.1, 0.15) is 29.7 Å². The Kier molecular flexibility index (Phi) is 4.83. The number of methoxy groups -OCH3 is 1. The molecule has 1 aromatic carbocycles. The van der Waals surface area contributed by atoms with E-state index in [2.05, 4.69) is 40.1 Å². The fourth-order valence-electron chi connectivity index (χ4n) is 3.81. The van der Waals surface area contributed by atoms with Gasteiger partial charge in [-0.2, -0.15) is 4.98 Å². The number of rotatable bonds is 4. The molecule has 2 heterocycles. The fourth-order valence-corrected chi connectivity index (χ4v) is 3.81. The minimum Gasteiger partial charge on any atom is -0.481 e. The summed E-state index contributed by atoms with van der Waals surface area (Å²) in [7, 11) is 1.72. The monoisotopic (exact) mass is 338 g/mol.